The van der Waals surface area contributed by atoms with Gasteiger partial charge < -0.3 is 15.6 Å². The predicted octanol–water partition coefficient (Wildman–Crippen LogP) is 2.32. The third kappa shape index (κ3) is 2.29. The van der Waals surface area contributed by atoms with Crippen molar-refractivity contribution in [2.45, 2.75) is 45.4 Å². The number of rotatable bonds is 4. The van der Waals surface area contributed by atoms with Gasteiger partial charge in [0.25, 0.3) is 0 Å². The van der Waals surface area contributed by atoms with Crippen LogP contribution in [0.1, 0.15) is 46.6 Å². The van der Waals surface area contributed by atoms with Gasteiger partial charge in [-0.25, -0.2) is 0 Å². The molecule has 1 unspecified atom stereocenters. The smallest absolute Gasteiger partial charge is 0.312 e. The minimum Gasteiger partial charge on any atom is -0.496 e. The van der Waals surface area contributed by atoms with E-state index in [1.165, 1.54) is 24.0 Å². The summed E-state index contributed by atoms with van der Waals surface area (Å²) in [6, 6.07) is 0. The van der Waals surface area contributed by atoms with E-state index in [1.54, 1.807) is 7.11 Å². The van der Waals surface area contributed by atoms with Crippen molar-refractivity contribution in [2.75, 3.05) is 13.7 Å². The number of carboxylic acids is 1. The van der Waals surface area contributed by atoms with Crippen molar-refractivity contribution in [1.29, 1.82) is 0 Å². The molecule has 0 fully saturated rings. The van der Waals surface area contributed by atoms with Gasteiger partial charge in [-0.05, 0) is 61.8 Å². The number of methoxy groups -OCH3 is 1. The molecule has 4 heteroatoms. The lowest BCUT2D eigenvalue weighted by molar-refractivity contribution is -0.138. The first-order valence-electron chi connectivity index (χ1n) is 7.14. The highest BCUT2D eigenvalue weighted by Gasteiger charge is 2.29. The number of carboxylic acid groups (broad SMARTS) is 1. The average molecular weight is 277 g/mol. The molecule has 1 atom stereocenters. The van der Waals surface area contributed by atoms with E-state index in [0.29, 0.717) is 5.75 Å². The minimum absolute atomic E-state index is 0.0881. The number of ether oxygens (including phenoxy) is 1. The molecular weight excluding hydrogens is 254 g/mol. The fourth-order valence-corrected chi connectivity index (χ4v) is 3.43. The Hall–Kier alpha value is -1.55. The first kappa shape index (κ1) is 14.9. The molecule has 0 radical (unpaired) electrons. The number of nitrogens with two attached hydrogens (primary N) is 1. The van der Waals surface area contributed by atoms with Gasteiger partial charge in [0.2, 0.25) is 0 Å². The Morgan fingerprint density at radius 3 is 2.25 bits per heavy atom. The van der Waals surface area contributed by atoms with Crippen molar-refractivity contribution in [1.82, 2.24) is 0 Å². The summed E-state index contributed by atoms with van der Waals surface area (Å²) in [6.07, 6.45) is 4.43. The van der Waals surface area contributed by atoms with Gasteiger partial charge >= 0.3 is 5.97 Å². The summed E-state index contributed by atoms with van der Waals surface area (Å²) in [5, 5.41) is 9.43. The van der Waals surface area contributed by atoms with Crippen LogP contribution in [0.15, 0.2) is 0 Å². The van der Waals surface area contributed by atoms with Gasteiger partial charge in [-0.15, -0.1) is 0 Å². The Morgan fingerprint density at radius 2 is 1.80 bits per heavy atom. The SMILES string of the molecule is COc1c(C)c2c(c(C)c1C(CN)C(=O)O)CCCC2. The molecule has 0 saturated carbocycles. The second kappa shape index (κ2) is 5.83. The second-order valence-corrected chi connectivity index (χ2v) is 5.49. The standard InChI is InChI=1S/C16H23NO3/c1-9-11-6-4-5-7-12(11)10(2)15(20-3)14(9)13(8-17)16(18)19/h13H,4-8,17H2,1-3H3,(H,18,19). The van der Waals surface area contributed by atoms with Crippen LogP contribution in [0, 0.1) is 13.8 Å². The Bertz CT molecular complexity index is 537. The molecule has 1 aliphatic carbocycles. The molecule has 20 heavy (non-hydrogen) atoms. The molecule has 1 aliphatic rings. The van der Waals surface area contributed by atoms with Crippen LogP contribution in [0.2, 0.25) is 0 Å². The summed E-state index contributed by atoms with van der Waals surface area (Å²) in [5.74, 6) is -0.874. The number of hydrogen-bond acceptors (Lipinski definition) is 3. The number of fused-ring (bicyclic) bond motifs is 1. The van der Waals surface area contributed by atoms with Crippen LogP contribution in [0.25, 0.3) is 0 Å². The molecule has 1 aromatic rings. The molecule has 110 valence electrons. The lowest BCUT2D eigenvalue weighted by Gasteiger charge is -2.27. The molecular formula is C16H23NO3. The monoisotopic (exact) mass is 277 g/mol. The third-order valence-electron chi connectivity index (χ3n) is 4.45. The van der Waals surface area contributed by atoms with E-state index < -0.39 is 11.9 Å². The fraction of sp³-hybridized carbons (Fsp3) is 0.562. The highest BCUT2D eigenvalue weighted by atomic mass is 16.5. The first-order valence-corrected chi connectivity index (χ1v) is 7.14. The molecule has 4 nitrogen and oxygen atoms in total. The Balaban J connectivity index is 2.72. The van der Waals surface area contributed by atoms with Gasteiger partial charge in [0, 0.05) is 12.1 Å². The van der Waals surface area contributed by atoms with Crippen molar-refractivity contribution in [2.24, 2.45) is 5.73 Å². The minimum atomic E-state index is -0.885. The summed E-state index contributed by atoms with van der Waals surface area (Å²) >= 11 is 0. The van der Waals surface area contributed by atoms with E-state index >= 15 is 0 Å². The Morgan fingerprint density at radius 1 is 1.25 bits per heavy atom. The lowest BCUT2D eigenvalue weighted by atomic mass is 9.80. The number of carbonyl (C=O) groups is 1. The van der Waals surface area contributed by atoms with E-state index in [0.717, 1.165) is 29.5 Å². The van der Waals surface area contributed by atoms with Crippen molar-refractivity contribution >= 4 is 5.97 Å². The maximum atomic E-state index is 11.5. The Labute approximate surface area is 119 Å². The zero-order chi connectivity index (χ0) is 14.9. The highest BCUT2D eigenvalue weighted by molar-refractivity contribution is 5.79. The van der Waals surface area contributed by atoms with E-state index in [9.17, 15) is 9.90 Å². The van der Waals surface area contributed by atoms with Crippen LogP contribution < -0.4 is 10.5 Å². The van der Waals surface area contributed by atoms with Gasteiger partial charge in [0.05, 0.1) is 13.0 Å². The molecule has 2 rings (SSSR count). The van der Waals surface area contributed by atoms with Crippen molar-refractivity contribution in [3.63, 3.8) is 0 Å². The van der Waals surface area contributed by atoms with Gasteiger partial charge in [0.1, 0.15) is 5.75 Å². The molecule has 0 aliphatic heterocycles. The van der Waals surface area contributed by atoms with Crippen molar-refractivity contribution in [3.05, 3.63) is 27.8 Å². The van der Waals surface area contributed by atoms with E-state index in [2.05, 4.69) is 0 Å². The fourth-order valence-electron chi connectivity index (χ4n) is 3.43. The second-order valence-electron chi connectivity index (χ2n) is 5.49. The van der Waals surface area contributed by atoms with Gasteiger partial charge in [0.15, 0.2) is 0 Å². The summed E-state index contributed by atoms with van der Waals surface area (Å²) in [7, 11) is 1.61. The molecule has 0 aromatic heterocycles. The number of benzene rings is 1. The third-order valence-corrected chi connectivity index (χ3v) is 4.45. The zero-order valence-corrected chi connectivity index (χ0v) is 12.5. The maximum Gasteiger partial charge on any atom is 0.312 e. The van der Waals surface area contributed by atoms with Crippen molar-refractivity contribution < 1.29 is 14.6 Å². The normalized spacial score (nSPS) is 15.6. The first-order chi connectivity index (χ1) is 9.52. The zero-order valence-electron chi connectivity index (χ0n) is 12.5. The van der Waals surface area contributed by atoms with Gasteiger partial charge in [-0.3, -0.25) is 4.79 Å². The quantitative estimate of drug-likeness (QED) is 0.886. The summed E-state index contributed by atoms with van der Waals surface area (Å²) in [5.41, 5.74) is 11.2. The Kier molecular flexibility index (Phi) is 4.33. The average Bonchev–Trinajstić information content (AvgIpc) is 2.45. The molecule has 0 amide bonds. The van der Waals surface area contributed by atoms with Crippen LogP contribution in [-0.4, -0.2) is 24.7 Å². The molecule has 1 aromatic carbocycles. The van der Waals surface area contributed by atoms with Crippen molar-refractivity contribution in [3.8, 4) is 5.75 Å². The number of hydrogen-bond donors (Lipinski definition) is 2. The topological polar surface area (TPSA) is 72.5 Å². The van der Waals surface area contributed by atoms with Crippen LogP contribution in [0.4, 0.5) is 0 Å². The highest BCUT2D eigenvalue weighted by Crippen LogP contribution is 2.40. The lowest BCUT2D eigenvalue weighted by Crippen LogP contribution is -2.24. The maximum absolute atomic E-state index is 11.5. The van der Waals surface area contributed by atoms with E-state index in [-0.39, 0.29) is 6.54 Å². The molecule has 0 saturated heterocycles. The molecule has 0 heterocycles. The van der Waals surface area contributed by atoms with Gasteiger partial charge in [-0.1, -0.05) is 0 Å². The van der Waals surface area contributed by atoms with Crippen LogP contribution in [0.5, 0.6) is 5.75 Å². The summed E-state index contributed by atoms with van der Waals surface area (Å²) in [6.45, 7) is 4.12. The summed E-state index contributed by atoms with van der Waals surface area (Å²) in [4.78, 5) is 11.5. The van der Waals surface area contributed by atoms with Crippen LogP contribution in [-0.2, 0) is 17.6 Å². The van der Waals surface area contributed by atoms with E-state index in [1.807, 2.05) is 13.8 Å². The van der Waals surface area contributed by atoms with E-state index in [4.69, 9.17) is 10.5 Å². The van der Waals surface area contributed by atoms with Crippen LogP contribution >= 0.6 is 0 Å². The number of aliphatic carboxylic acids is 1. The van der Waals surface area contributed by atoms with Gasteiger partial charge in [-0.2, -0.15) is 0 Å². The molecule has 0 spiro atoms. The largest absolute Gasteiger partial charge is 0.496 e. The van der Waals surface area contributed by atoms with Crippen LogP contribution in [0.3, 0.4) is 0 Å². The molecule has 0 bridgehead atoms. The molecule has 3 N–H and O–H groups in total. The predicted molar refractivity (Wildman–Crippen MR) is 78.5 cm³/mol. The summed E-state index contributed by atoms with van der Waals surface area (Å²) < 4.78 is 5.54.